The van der Waals surface area contributed by atoms with Crippen LogP contribution < -0.4 is 10.6 Å². The van der Waals surface area contributed by atoms with Crippen LogP contribution >= 0.6 is 11.8 Å². The monoisotopic (exact) mass is 348 g/mol. The summed E-state index contributed by atoms with van der Waals surface area (Å²) < 4.78 is 0. The van der Waals surface area contributed by atoms with Crippen molar-refractivity contribution in [1.82, 2.24) is 10.2 Å². The summed E-state index contributed by atoms with van der Waals surface area (Å²) in [5.41, 5.74) is 1.16. The summed E-state index contributed by atoms with van der Waals surface area (Å²) in [5.74, 6) is 0.0365. The normalized spacial score (nSPS) is 21.0. The maximum absolute atomic E-state index is 12.8. The van der Waals surface area contributed by atoms with E-state index in [9.17, 15) is 14.9 Å². The fourth-order valence-electron chi connectivity index (χ4n) is 2.90. The largest absolute Gasteiger partial charge is 0.344 e. The van der Waals surface area contributed by atoms with Crippen LogP contribution in [0.4, 0.5) is 11.4 Å². The third kappa shape index (κ3) is 3.54. The van der Waals surface area contributed by atoms with E-state index in [1.807, 2.05) is 4.90 Å². The molecule has 1 aromatic carbocycles. The first-order valence-electron chi connectivity index (χ1n) is 7.96. The number of nitrogens with zero attached hydrogens (tertiary/aromatic N) is 2. The molecule has 0 aromatic heterocycles. The van der Waals surface area contributed by atoms with E-state index in [1.54, 1.807) is 30.0 Å². The molecule has 2 N–H and O–H groups in total. The van der Waals surface area contributed by atoms with Gasteiger partial charge in [0, 0.05) is 43.1 Å². The molecule has 0 bridgehead atoms. The topological polar surface area (TPSA) is 87.5 Å². The molecule has 7 nitrogen and oxygen atoms in total. The number of rotatable bonds is 4. The molecule has 1 saturated heterocycles. The van der Waals surface area contributed by atoms with Gasteiger partial charge in [-0.1, -0.05) is 19.1 Å². The Morgan fingerprint density at radius 1 is 1.38 bits per heavy atom. The number of amides is 1. The molecule has 0 aliphatic carbocycles. The Labute approximate surface area is 144 Å². The van der Waals surface area contributed by atoms with Crippen LogP contribution in [0.2, 0.25) is 0 Å². The summed E-state index contributed by atoms with van der Waals surface area (Å²) in [4.78, 5) is 25.4. The Kier molecular flexibility index (Phi) is 5.06. The Morgan fingerprint density at radius 2 is 2.08 bits per heavy atom. The van der Waals surface area contributed by atoms with Crippen molar-refractivity contribution in [3.05, 3.63) is 45.0 Å². The van der Waals surface area contributed by atoms with Crippen molar-refractivity contribution in [2.45, 2.75) is 18.6 Å². The number of thioether (sulfide) groups is 1. The zero-order chi connectivity index (χ0) is 17.1. The molecule has 0 radical (unpaired) electrons. The van der Waals surface area contributed by atoms with Crippen LogP contribution in [0.1, 0.15) is 13.3 Å². The van der Waals surface area contributed by atoms with Crippen molar-refractivity contribution in [2.24, 2.45) is 0 Å². The third-order valence-electron chi connectivity index (χ3n) is 4.10. The van der Waals surface area contributed by atoms with Crippen molar-refractivity contribution < 1.29 is 9.72 Å². The van der Waals surface area contributed by atoms with Gasteiger partial charge >= 0.3 is 0 Å². The minimum Gasteiger partial charge on any atom is -0.344 e. The van der Waals surface area contributed by atoms with Gasteiger partial charge in [-0.2, -0.15) is 0 Å². The molecule has 3 rings (SSSR count). The van der Waals surface area contributed by atoms with Gasteiger partial charge in [-0.15, -0.1) is 11.8 Å². The second-order valence-electron chi connectivity index (χ2n) is 5.88. The van der Waals surface area contributed by atoms with Crippen LogP contribution in [0, 0.1) is 10.1 Å². The van der Waals surface area contributed by atoms with Gasteiger partial charge in [-0.05, 0) is 12.5 Å². The maximum atomic E-state index is 12.8. The van der Waals surface area contributed by atoms with Crippen molar-refractivity contribution in [3.8, 4) is 0 Å². The number of para-hydroxylation sites is 2. The molecule has 2 aliphatic rings. The van der Waals surface area contributed by atoms with Crippen molar-refractivity contribution >= 4 is 29.0 Å². The third-order valence-corrected chi connectivity index (χ3v) is 5.25. The first-order valence-corrected chi connectivity index (χ1v) is 8.84. The Morgan fingerprint density at radius 3 is 2.79 bits per heavy atom. The Bertz CT molecular complexity index is 686. The van der Waals surface area contributed by atoms with Gasteiger partial charge in [0.05, 0.1) is 9.95 Å². The van der Waals surface area contributed by atoms with E-state index in [4.69, 9.17) is 0 Å². The molecule has 24 heavy (non-hydrogen) atoms. The molecule has 1 amide bonds. The molecule has 8 heteroatoms. The van der Waals surface area contributed by atoms with Crippen molar-refractivity contribution in [3.63, 3.8) is 0 Å². The minimum atomic E-state index is -0.413. The Hall–Kier alpha value is -2.06. The van der Waals surface area contributed by atoms with Crippen molar-refractivity contribution in [2.75, 3.05) is 31.5 Å². The molecule has 0 spiro atoms. The lowest BCUT2D eigenvalue weighted by atomic mass is 10.1. The highest BCUT2D eigenvalue weighted by Gasteiger charge is 2.31. The molecule has 1 atom stereocenters. The fraction of sp³-hybridized carbons (Fsp3) is 0.438. The van der Waals surface area contributed by atoms with Crippen LogP contribution in [-0.4, -0.2) is 47.2 Å². The first-order chi connectivity index (χ1) is 11.6. The zero-order valence-corrected chi connectivity index (χ0v) is 14.3. The summed E-state index contributed by atoms with van der Waals surface area (Å²) in [5, 5.41) is 18.6. The van der Waals surface area contributed by atoms with E-state index >= 15 is 0 Å². The van der Waals surface area contributed by atoms with E-state index in [2.05, 4.69) is 17.6 Å². The van der Waals surface area contributed by atoms with Gasteiger partial charge in [0.25, 0.3) is 11.6 Å². The molecule has 1 aromatic rings. The van der Waals surface area contributed by atoms with Crippen LogP contribution in [0.15, 0.2) is 34.9 Å². The number of nitro benzene ring substituents is 1. The Balaban J connectivity index is 1.86. The van der Waals surface area contributed by atoms with Crippen molar-refractivity contribution in [1.29, 1.82) is 0 Å². The summed E-state index contributed by atoms with van der Waals surface area (Å²) in [6.07, 6.45) is 0.677. The van der Waals surface area contributed by atoms with E-state index in [0.717, 1.165) is 23.7 Å². The van der Waals surface area contributed by atoms with Gasteiger partial charge < -0.3 is 15.5 Å². The van der Waals surface area contributed by atoms with E-state index in [0.29, 0.717) is 25.2 Å². The molecular formula is C16H20N4O3S. The predicted molar refractivity (Wildman–Crippen MR) is 94.9 cm³/mol. The van der Waals surface area contributed by atoms with E-state index in [-0.39, 0.29) is 16.8 Å². The number of nitro groups is 1. The predicted octanol–water partition coefficient (Wildman–Crippen LogP) is 2.18. The number of carbonyl (C=O) groups excluding carboxylic acids is 1. The lowest BCUT2D eigenvalue weighted by Crippen LogP contribution is -2.47. The SMILES string of the molecule is CC1CC(C(=O)N2CCNCC2)=C(Nc2ccccc2[N+](=O)[O-])S1. The average molecular weight is 348 g/mol. The zero-order valence-electron chi connectivity index (χ0n) is 13.4. The van der Waals surface area contributed by atoms with E-state index in [1.165, 1.54) is 6.07 Å². The number of carbonyl (C=O) groups is 1. The highest BCUT2D eigenvalue weighted by Crippen LogP contribution is 2.40. The maximum Gasteiger partial charge on any atom is 0.292 e. The number of nitrogens with one attached hydrogen (secondary N) is 2. The molecular weight excluding hydrogens is 328 g/mol. The lowest BCUT2D eigenvalue weighted by Gasteiger charge is -2.28. The lowest BCUT2D eigenvalue weighted by molar-refractivity contribution is -0.383. The van der Waals surface area contributed by atoms with Crippen LogP contribution in [0.5, 0.6) is 0 Å². The molecule has 2 heterocycles. The quantitative estimate of drug-likeness (QED) is 0.640. The number of anilines is 1. The van der Waals surface area contributed by atoms with E-state index < -0.39 is 4.92 Å². The molecule has 2 aliphatic heterocycles. The summed E-state index contributed by atoms with van der Waals surface area (Å²) in [7, 11) is 0. The number of hydrogen-bond donors (Lipinski definition) is 2. The standard InChI is InChI=1S/C16H20N4O3S/c1-11-10-12(16(21)19-8-6-17-7-9-19)15(24-11)18-13-4-2-3-5-14(13)20(22)23/h2-5,11,17-18H,6-10H2,1H3. The average Bonchev–Trinajstić information content (AvgIpc) is 2.95. The first kappa shape index (κ1) is 16.8. The smallest absolute Gasteiger partial charge is 0.292 e. The van der Waals surface area contributed by atoms with Gasteiger partial charge in [0.15, 0.2) is 0 Å². The number of hydrogen-bond acceptors (Lipinski definition) is 6. The minimum absolute atomic E-state index is 0.0131. The second kappa shape index (κ2) is 7.23. The highest BCUT2D eigenvalue weighted by atomic mass is 32.2. The van der Waals surface area contributed by atoms with Crippen LogP contribution in [0.3, 0.4) is 0 Å². The summed E-state index contributed by atoms with van der Waals surface area (Å²) in [6.45, 7) is 5.05. The second-order valence-corrected chi connectivity index (χ2v) is 7.33. The number of benzene rings is 1. The molecule has 128 valence electrons. The van der Waals surface area contributed by atoms with Gasteiger partial charge in [-0.25, -0.2) is 0 Å². The fourth-order valence-corrected chi connectivity index (χ4v) is 4.04. The van der Waals surface area contributed by atoms with Crippen LogP contribution in [-0.2, 0) is 4.79 Å². The van der Waals surface area contributed by atoms with Gasteiger partial charge in [0.1, 0.15) is 5.69 Å². The molecule has 1 unspecified atom stereocenters. The summed E-state index contributed by atoms with van der Waals surface area (Å²) in [6, 6.07) is 6.51. The number of piperazine rings is 1. The molecule has 0 saturated carbocycles. The van der Waals surface area contributed by atoms with Gasteiger partial charge in [-0.3, -0.25) is 14.9 Å². The molecule has 1 fully saturated rings. The summed E-state index contributed by atoms with van der Waals surface area (Å²) >= 11 is 1.56. The highest BCUT2D eigenvalue weighted by molar-refractivity contribution is 8.04. The van der Waals surface area contributed by atoms with Crippen LogP contribution in [0.25, 0.3) is 0 Å². The van der Waals surface area contributed by atoms with Gasteiger partial charge in [0.2, 0.25) is 0 Å².